The highest BCUT2D eigenvalue weighted by Gasteiger charge is 2.27. The number of nitrogens with zero attached hydrogens (tertiary/aromatic N) is 5. The predicted octanol–water partition coefficient (Wildman–Crippen LogP) is 1.35. The van der Waals surface area contributed by atoms with Crippen molar-refractivity contribution in [2.24, 2.45) is 0 Å². The Kier molecular flexibility index (Phi) is 3.56. The lowest BCUT2D eigenvalue weighted by atomic mass is 10.0. The fourth-order valence-electron chi connectivity index (χ4n) is 2.70. The molecule has 0 fully saturated rings. The molecule has 1 aliphatic heterocycles. The Bertz CT molecular complexity index is 723. The summed E-state index contributed by atoms with van der Waals surface area (Å²) < 4.78 is 4.99. The summed E-state index contributed by atoms with van der Waals surface area (Å²) in [5.41, 5.74) is 2.38. The topological polar surface area (TPSA) is 75.4 Å². The molecule has 22 heavy (non-hydrogen) atoms. The van der Waals surface area contributed by atoms with Crippen molar-refractivity contribution in [2.75, 3.05) is 25.5 Å². The molecule has 0 atom stereocenters. The molecule has 0 aromatic carbocycles. The monoisotopic (exact) mass is 301 g/mol. The molecule has 0 N–H and O–H groups in total. The van der Waals surface area contributed by atoms with Crippen LogP contribution in [-0.4, -0.2) is 46.6 Å². The van der Waals surface area contributed by atoms with E-state index in [0.29, 0.717) is 30.4 Å². The summed E-state index contributed by atoms with van der Waals surface area (Å²) in [5.74, 6) is 2.17. The average Bonchev–Trinajstić information content (AvgIpc) is 2.91. The Balaban J connectivity index is 1.89. The summed E-state index contributed by atoms with van der Waals surface area (Å²) in [5, 5.41) is 3.80. The maximum absolute atomic E-state index is 12.5. The van der Waals surface area contributed by atoms with Gasteiger partial charge in [-0.25, -0.2) is 9.97 Å². The molecule has 0 bridgehead atoms. The Hall–Kier alpha value is -2.44. The van der Waals surface area contributed by atoms with E-state index in [2.05, 4.69) is 15.1 Å². The second-order valence-corrected chi connectivity index (χ2v) is 5.71. The highest BCUT2D eigenvalue weighted by molar-refractivity contribution is 5.92. The summed E-state index contributed by atoms with van der Waals surface area (Å²) in [6.07, 6.45) is 0.742. The molecule has 0 saturated carbocycles. The van der Waals surface area contributed by atoms with Gasteiger partial charge in [0.05, 0.1) is 12.2 Å². The zero-order valence-corrected chi connectivity index (χ0v) is 13.3. The molecule has 2 aromatic rings. The Morgan fingerprint density at radius 2 is 2.09 bits per heavy atom. The summed E-state index contributed by atoms with van der Waals surface area (Å²) in [4.78, 5) is 25.2. The van der Waals surface area contributed by atoms with E-state index in [1.807, 2.05) is 25.9 Å². The minimum Gasteiger partial charge on any atom is -0.362 e. The van der Waals surface area contributed by atoms with Crippen LogP contribution in [0, 0.1) is 13.8 Å². The molecule has 2 aromatic heterocycles. The SMILES string of the molecule is Cc1nc2c(c(N(C)C)n1)CCN(C(=O)c1cc(C)on1)C2. The number of amides is 1. The van der Waals surface area contributed by atoms with Gasteiger partial charge in [0.1, 0.15) is 17.4 Å². The van der Waals surface area contributed by atoms with Crippen molar-refractivity contribution in [3.05, 3.63) is 34.6 Å². The van der Waals surface area contributed by atoms with Crippen LogP contribution >= 0.6 is 0 Å². The van der Waals surface area contributed by atoms with Crippen molar-refractivity contribution in [3.63, 3.8) is 0 Å². The van der Waals surface area contributed by atoms with Gasteiger partial charge in [0.2, 0.25) is 0 Å². The van der Waals surface area contributed by atoms with Crippen molar-refractivity contribution < 1.29 is 9.32 Å². The highest BCUT2D eigenvalue weighted by Crippen LogP contribution is 2.26. The first kappa shape index (κ1) is 14.5. The standard InChI is InChI=1S/C15H19N5O2/c1-9-7-12(18-22-9)15(21)20-6-5-11-13(8-20)16-10(2)17-14(11)19(3)4/h7H,5-6,8H2,1-4H3. The van der Waals surface area contributed by atoms with Crippen LogP contribution in [0.15, 0.2) is 10.6 Å². The molecule has 1 aliphatic rings. The van der Waals surface area contributed by atoms with E-state index in [9.17, 15) is 4.79 Å². The molecule has 116 valence electrons. The number of aromatic nitrogens is 3. The smallest absolute Gasteiger partial charge is 0.276 e. The van der Waals surface area contributed by atoms with Crippen LogP contribution in [0.3, 0.4) is 0 Å². The van der Waals surface area contributed by atoms with Gasteiger partial charge < -0.3 is 14.3 Å². The third-order valence-electron chi connectivity index (χ3n) is 3.71. The molecule has 1 amide bonds. The third kappa shape index (κ3) is 2.54. The second kappa shape index (κ2) is 5.40. The lowest BCUT2D eigenvalue weighted by Crippen LogP contribution is -2.37. The number of carbonyl (C=O) groups is 1. The molecule has 3 heterocycles. The summed E-state index contributed by atoms with van der Waals surface area (Å²) >= 11 is 0. The van der Waals surface area contributed by atoms with Gasteiger partial charge in [-0.2, -0.15) is 0 Å². The second-order valence-electron chi connectivity index (χ2n) is 5.71. The lowest BCUT2D eigenvalue weighted by molar-refractivity contribution is 0.0721. The van der Waals surface area contributed by atoms with Gasteiger partial charge in [-0.3, -0.25) is 4.79 Å². The molecule has 0 radical (unpaired) electrons. The number of aryl methyl sites for hydroxylation is 2. The third-order valence-corrected chi connectivity index (χ3v) is 3.71. The van der Waals surface area contributed by atoms with Crippen molar-refractivity contribution in [3.8, 4) is 0 Å². The normalized spacial score (nSPS) is 13.9. The number of hydrogen-bond donors (Lipinski definition) is 0. The molecule has 0 saturated heterocycles. The quantitative estimate of drug-likeness (QED) is 0.833. The summed E-state index contributed by atoms with van der Waals surface area (Å²) in [6, 6.07) is 1.66. The minimum atomic E-state index is -0.120. The molecule has 0 aliphatic carbocycles. The first-order valence-electron chi connectivity index (χ1n) is 7.22. The summed E-state index contributed by atoms with van der Waals surface area (Å²) in [7, 11) is 3.94. The fraction of sp³-hybridized carbons (Fsp3) is 0.467. The van der Waals surface area contributed by atoms with Gasteiger partial charge in [0, 0.05) is 32.3 Å². The maximum atomic E-state index is 12.5. The molecule has 0 spiro atoms. The van der Waals surface area contributed by atoms with Crippen LogP contribution in [0.2, 0.25) is 0 Å². The summed E-state index contributed by atoms with van der Waals surface area (Å²) in [6.45, 7) is 4.75. The van der Waals surface area contributed by atoms with Crippen LogP contribution < -0.4 is 4.90 Å². The Morgan fingerprint density at radius 1 is 1.32 bits per heavy atom. The van der Waals surface area contributed by atoms with E-state index in [1.54, 1.807) is 17.9 Å². The maximum Gasteiger partial charge on any atom is 0.276 e. The Morgan fingerprint density at radius 3 is 2.73 bits per heavy atom. The van der Waals surface area contributed by atoms with Gasteiger partial charge in [-0.1, -0.05) is 5.16 Å². The molecular weight excluding hydrogens is 282 g/mol. The van der Waals surface area contributed by atoms with Crippen LogP contribution in [0.1, 0.15) is 33.3 Å². The molecular formula is C15H19N5O2. The van der Waals surface area contributed by atoms with Crippen molar-refractivity contribution >= 4 is 11.7 Å². The fourth-order valence-corrected chi connectivity index (χ4v) is 2.70. The molecule has 7 heteroatoms. The number of rotatable bonds is 2. The van der Waals surface area contributed by atoms with E-state index in [1.165, 1.54) is 0 Å². The molecule has 3 rings (SSSR count). The number of carbonyl (C=O) groups excluding carboxylic acids is 1. The van der Waals surface area contributed by atoms with Gasteiger partial charge >= 0.3 is 0 Å². The minimum absolute atomic E-state index is 0.120. The van der Waals surface area contributed by atoms with Crippen LogP contribution in [0.5, 0.6) is 0 Å². The van der Waals surface area contributed by atoms with E-state index in [4.69, 9.17) is 4.52 Å². The zero-order valence-electron chi connectivity index (χ0n) is 13.3. The predicted molar refractivity (Wildman–Crippen MR) is 80.8 cm³/mol. The first-order chi connectivity index (χ1) is 10.5. The van der Waals surface area contributed by atoms with Gasteiger partial charge in [0.25, 0.3) is 5.91 Å². The van der Waals surface area contributed by atoms with E-state index >= 15 is 0 Å². The van der Waals surface area contributed by atoms with Crippen LogP contribution in [0.4, 0.5) is 5.82 Å². The van der Waals surface area contributed by atoms with Crippen LogP contribution in [0.25, 0.3) is 0 Å². The number of anilines is 1. The Labute approximate surface area is 128 Å². The van der Waals surface area contributed by atoms with Crippen LogP contribution in [-0.2, 0) is 13.0 Å². The molecule has 0 unspecified atom stereocenters. The van der Waals surface area contributed by atoms with Gasteiger partial charge in [-0.15, -0.1) is 0 Å². The van der Waals surface area contributed by atoms with E-state index in [0.717, 1.165) is 23.5 Å². The average molecular weight is 301 g/mol. The highest BCUT2D eigenvalue weighted by atomic mass is 16.5. The largest absolute Gasteiger partial charge is 0.362 e. The lowest BCUT2D eigenvalue weighted by Gasteiger charge is -2.30. The van der Waals surface area contributed by atoms with Crippen molar-refractivity contribution in [1.29, 1.82) is 0 Å². The van der Waals surface area contributed by atoms with Gasteiger partial charge in [0.15, 0.2) is 5.69 Å². The zero-order chi connectivity index (χ0) is 15.9. The van der Waals surface area contributed by atoms with Crippen molar-refractivity contribution in [1.82, 2.24) is 20.0 Å². The van der Waals surface area contributed by atoms with E-state index in [-0.39, 0.29) is 5.91 Å². The van der Waals surface area contributed by atoms with Gasteiger partial charge in [-0.05, 0) is 20.3 Å². The number of fused-ring (bicyclic) bond motifs is 1. The van der Waals surface area contributed by atoms with Crippen molar-refractivity contribution in [2.45, 2.75) is 26.8 Å². The molecule has 7 nitrogen and oxygen atoms in total. The number of hydrogen-bond acceptors (Lipinski definition) is 6. The van der Waals surface area contributed by atoms with E-state index < -0.39 is 0 Å². The first-order valence-corrected chi connectivity index (χ1v) is 7.22.